The van der Waals surface area contributed by atoms with Gasteiger partial charge in [-0.1, -0.05) is 12.2 Å². The molecule has 20 heavy (non-hydrogen) atoms. The van der Waals surface area contributed by atoms with Crippen LogP contribution in [0, 0.1) is 5.92 Å². The molecule has 2 N–H and O–H groups in total. The highest BCUT2D eigenvalue weighted by atomic mass is 16.4. The van der Waals surface area contributed by atoms with Gasteiger partial charge in [-0.2, -0.15) is 0 Å². The minimum Gasteiger partial charge on any atom is -0.481 e. The van der Waals surface area contributed by atoms with Gasteiger partial charge in [-0.15, -0.1) is 0 Å². The molecule has 2 rings (SSSR count). The quantitative estimate of drug-likeness (QED) is 0.733. The van der Waals surface area contributed by atoms with E-state index in [4.69, 9.17) is 5.11 Å². The van der Waals surface area contributed by atoms with Gasteiger partial charge < -0.3 is 15.3 Å². The zero-order valence-electron chi connectivity index (χ0n) is 12.2. The Morgan fingerprint density at radius 1 is 1.20 bits per heavy atom. The monoisotopic (exact) mass is 281 g/mol. The summed E-state index contributed by atoms with van der Waals surface area (Å²) < 4.78 is 0. The molecule has 0 saturated carbocycles. The largest absolute Gasteiger partial charge is 0.481 e. The summed E-state index contributed by atoms with van der Waals surface area (Å²) in [6, 6.07) is 0.386. The molecule has 4 unspecified atom stereocenters. The van der Waals surface area contributed by atoms with E-state index in [0.717, 1.165) is 0 Å². The smallest absolute Gasteiger partial charge is 0.317 e. The Morgan fingerprint density at radius 2 is 1.80 bits per heavy atom. The van der Waals surface area contributed by atoms with Gasteiger partial charge in [-0.3, -0.25) is 9.69 Å². The van der Waals surface area contributed by atoms with Crippen LogP contribution in [0.4, 0.5) is 4.79 Å². The number of aliphatic carboxylic acids is 1. The van der Waals surface area contributed by atoms with Gasteiger partial charge in [-0.05, 0) is 27.3 Å². The van der Waals surface area contributed by atoms with E-state index in [9.17, 15) is 9.59 Å². The van der Waals surface area contributed by atoms with Crippen molar-refractivity contribution >= 4 is 12.0 Å². The molecular formula is C14H23N3O3. The molecule has 6 nitrogen and oxygen atoms in total. The topological polar surface area (TPSA) is 72.9 Å². The van der Waals surface area contributed by atoms with Crippen molar-refractivity contribution in [3.8, 4) is 0 Å². The van der Waals surface area contributed by atoms with Crippen LogP contribution in [-0.4, -0.2) is 65.2 Å². The number of nitrogens with zero attached hydrogens (tertiary/aromatic N) is 2. The maximum absolute atomic E-state index is 12.2. The number of piperazine rings is 1. The van der Waals surface area contributed by atoms with Crippen molar-refractivity contribution in [3.63, 3.8) is 0 Å². The highest BCUT2D eigenvalue weighted by Crippen LogP contribution is 2.19. The number of carbonyl (C=O) groups excluding carboxylic acids is 1. The van der Waals surface area contributed by atoms with Crippen molar-refractivity contribution in [1.82, 2.24) is 15.1 Å². The highest BCUT2D eigenvalue weighted by molar-refractivity contribution is 5.76. The van der Waals surface area contributed by atoms with Crippen molar-refractivity contribution < 1.29 is 14.7 Å². The van der Waals surface area contributed by atoms with Crippen LogP contribution in [0.15, 0.2) is 12.2 Å². The Balaban J connectivity index is 1.87. The van der Waals surface area contributed by atoms with Crippen molar-refractivity contribution in [2.45, 2.75) is 38.4 Å². The third-order valence-corrected chi connectivity index (χ3v) is 4.36. The van der Waals surface area contributed by atoms with Gasteiger partial charge in [0.05, 0.1) is 12.0 Å². The van der Waals surface area contributed by atoms with Crippen molar-refractivity contribution in [2.24, 2.45) is 5.92 Å². The van der Waals surface area contributed by atoms with E-state index in [1.54, 1.807) is 12.2 Å². The summed E-state index contributed by atoms with van der Waals surface area (Å²) >= 11 is 0. The molecule has 1 aliphatic carbocycles. The van der Waals surface area contributed by atoms with Crippen LogP contribution in [0.1, 0.15) is 20.3 Å². The Kier molecular flexibility index (Phi) is 4.32. The van der Waals surface area contributed by atoms with Gasteiger partial charge in [0.1, 0.15) is 0 Å². The van der Waals surface area contributed by atoms with E-state index in [2.05, 4.69) is 31.1 Å². The van der Waals surface area contributed by atoms with Gasteiger partial charge in [-0.25, -0.2) is 4.79 Å². The average Bonchev–Trinajstić information content (AvgIpc) is 2.84. The first-order chi connectivity index (χ1) is 9.38. The summed E-state index contributed by atoms with van der Waals surface area (Å²) in [6.07, 6.45) is 3.88. The summed E-state index contributed by atoms with van der Waals surface area (Å²) in [6.45, 7) is 5.61. The molecule has 2 aliphatic rings. The molecular weight excluding hydrogens is 258 g/mol. The number of hydrogen-bond acceptors (Lipinski definition) is 3. The van der Waals surface area contributed by atoms with Crippen molar-refractivity contribution in [1.29, 1.82) is 0 Å². The molecule has 112 valence electrons. The Bertz CT molecular complexity index is 412. The van der Waals surface area contributed by atoms with Crippen molar-refractivity contribution in [3.05, 3.63) is 12.2 Å². The molecule has 1 saturated heterocycles. The lowest BCUT2D eigenvalue weighted by atomic mass is 10.1. The van der Waals surface area contributed by atoms with Crippen LogP contribution in [-0.2, 0) is 4.79 Å². The van der Waals surface area contributed by atoms with E-state index in [0.29, 0.717) is 31.6 Å². The summed E-state index contributed by atoms with van der Waals surface area (Å²) in [5.41, 5.74) is 0. The normalized spacial score (nSPS) is 34.2. The van der Waals surface area contributed by atoms with Gasteiger partial charge in [0.2, 0.25) is 0 Å². The van der Waals surface area contributed by atoms with Crippen LogP contribution in [0.3, 0.4) is 0 Å². The fourth-order valence-corrected chi connectivity index (χ4v) is 2.81. The number of amides is 2. The first kappa shape index (κ1) is 14.8. The zero-order chi connectivity index (χ0) is 14.9. The first-order valence-corrected chi connectivity index (χ1v) is 7.07. The molecule has 1 heterocycles. The van der Waals surface area contributed by atoms with E-state index in [-0.39, 0.29) is 12.1 Å². The Morgan fingerprint density at radius 3 is 2.30 bits per heavy atom. The third-order valence-electron chi connectivity index (χ3n) is 4.36. The zero-order valence-corrected chi connectivity index (χ0v) is 12.2. The predicted molar refractivity (Wildman–Crippen MR) is 75.5 cm³/mol. The SMILES string of the molecule is CC1CN(C(=O)NC2C=CC(C(=O)O)C2)CC(C)N1C. The average molecular weight is 281 g/mol. The van der Waals surface area contributed by atoms with Crippen LogP contribution in [0.2, 0.25) is 0 Å². The minimum atomic E-state index is -0.833. The molecule has 0 aromatic carbocycles. The molecule has 0 aromatic rings. The lowest BCUT2D eigenvalue weighted by Crippen LogP contribution is -2.59. The van der Waals surface area contributed by atoms with Crippen LogP contribution in [0.5, 0.6) is 0 Å². The number of likely N-dealkylation sites (N-methyl/N-ethyl adjacent to an activating group) is 1. The number of carboxylic acid groups (broad SMARTS) is 1. The lowest BCUT2D eigenvalue weighted by molar-refractivity contribution is -0.140. The summed E-state index contributed by atoms with van der Waals surface area (Å²) in [7, 11) is 2.07. The Hall–Kier alpha value is -1.56. The molecule has 6 heteroatoms. The molecule has 4 atom stereocenters. The number of urea groups is 1. The molecule has 1 fully saturated rings. The molecule has 1 aliphatic heterocycles. The number of carboxylic acids is 1. The molecule has 0 aromatic heterocycles. The van der Waals surface area contributed by atoms with Crippen molar-refractivity contribution in [2.75, 3.05) is 20.1 Å². The Labute approximate surface area is 119 Å². The second-order valence-electron chi connectivity index (χ2n) is 5.89. The van der Waals surface area contributed by atoms with E-state index >= 15 is 0 Å². The summed E-state index contributed by atoms with van der Waals surface area (Å²) in [5.74, 6) is -1.31. The summed E-state index contributed by atoms with van der Waals surface area (Å²) in [5, 5.41) is 11.8. The van der Waals surface area contributed by atoms with Gasteiger partial charge in [0.25, 0.3) is 0 Å². The molecule has 0 spiro atoms. The first-order valence-electron chi connectivity index (χ1n) is 7.07. The minimum absolute atomic E-state index is 0.0995. The van der Waals surface area contributed by atoms with Crippen LogP contribution >= 0.6 is 0 Å². The van der Waals surface area contributed by atoms with Gasteiger partial charge in [0.15, 0.2) is 0 Å². The highest BCUT2D eigenvalue weighted by Gasteiger charge is 2.31. The van der Waals surface area contributed by atoms with Gasteiger partial charge in [0, 0.05) is 25.2 Å². The van der Waals surface area contributed by atoms with E-state index < -0.39 is 11.9 Å². The maximum atomic E-state index is 12.2. The second-order valence-corrected chi connectivity index (χ2v) is 5.89. The standard InChI is InChI=1S/C14H23N3O3/c1-9-7-17(8-10(2)16(9)3)14(20)15-12-5-4-11(6-12)13(18)19/h4-5,9-12H,6-8H2,1-3H3,(H,15,20)(H,18,19). The fourth-order valence-electron chi connectivity index (χ4n) is 2.81. The summed E-state index contributed by atoms with van der Waals surface area (Å²) in [4.78, 5) is 27.2. The predicted octanol–water partition coefficient (Wildman–Crippen LogP) is 0.750. The molecule has 2 amide bonds. The van der Waals surface area contributed by atoms with E-state index in [1.165, 1.54) is 0 Å². The number of nitrogens with one attached hydrogen (secondary N) is 1. The van der Waals surface area contributed by atoms with Crippen LogP contribution < -0.4 is 5.32 Å². The number of hydrogen-bond donors (Lipinski definition) is 2. The van der Waals surface area contributed by atoms with Crippen LogP contribution in [0.25, 0.3) is 0 Å². The third kappa shape index (κ3) is 3.12. The molecule has 0 bridgehead atoms. The van der Waals surface area contributed by atoms with E-state index in [1.807, 2.05) is 4.90 Å². The fraction of sp³-hybridized carbons (Fsp3) is 0.714. The lowest BCUT2D eigenvalue weighted by Gasteiger charge is -2.42. The van der Waals surface area contributed by atoms with Gasteiger partial charge >= 0.3 is 12.0 Å². The second kappa shape index (κ2) is 5.83. The number of carbonyl (C=O) groups is 2. The number of rotatable bonds is 2. The molecule has 0 radical (unpaired) electrons. The maximum Gasteiger partial charge on any atom is 0.317 e.